The van der Waals surface area contributed by atoms with Crippen molar-refractivity contribution in [2.75, 3.05) is 6.54 Å². The summed E-state index contributed by atoms with van der Waals surface area (Å²) < 4.78 is 1.96. The molecule has 1 atom stereocenters. The predicted molar refractivity (Wildman–Crippen MR) is 89.4 cm³/mol. The lowest BCUT2D eigenvalue weighted by Gasteiger charge is -2.11. The molecule has 0 spiro atoms. The van der Waals surface area contributed by atoms with Crippen LogP contribution in [0.25, 0.3) is 0 Å². The maximum absolute atomic E-state index is 12.1. The Labute approximate surface area is 138 Å². The van der Waals surface area contributed by atoms with Gasteiger partial charge in [0.25, 0.3) is 5.91 Å². The Hall–Kier alpha value is -2.44. The van der Waals surface area contributed by atoms with Crippen LogP contribution in [-0.4, -0.2) is 27.1 Å². The van der Waals surface area contributed by atoms with Crippen molar-refractivity contribution in [1.29, 1.82) is 0 Å². The molecule has 5 nitrogen and oxygen atoms in total. The van der Waals surface area contributed by atoms with E-state index in [9.17, 15) is 9.90 Å². The zero-order valence-electron chi connectivity index (χ0n) is 12.4. The number of imidazole rings is 1. The van der Waals surface area contributed by atoms with E-state index < -0.39 is 6.10 Å². The molecule has 2 N–H and O–H groups in total. The fourth-order valence-corrected chi connectivity index (χ4v) is 2.93. The zero-order valence-corrected chi connectivity index (χ0v) is 13.2. The summed E-state index contributed by atoms with van der Waals surface area (Å²) in [6.07, 6.45) is 4.71. The minimum atomic E-state index is -0.675. The van der Waals surface area contributed by atoms with Gasteiger partial charge in [-0.2, -0.15) is 11.3 Å². The highest BCUT2D eigenvalue weighted by Gasteiger charge is 2.11. The van der Waals surface area contributed by atoms with Crippen LogP contribution in [0, 0.1) is 0 Å². The van der Waals surface area contributed by atoms with E-state index in [1.54, 1.807) is 24.7 Å². The maximum atomic E-state index is 12.1. The van der Waals surface area contributed by atoms with Gasteiger partial charge in [0.2, 0.25) is 0 Å². The van der Waals surface area contributed by atoms with Gasteiger partial charge in [-0.25, -0.2) is 4.98 Å². The van der Waals surface area contributed by atoms with E-state index in [-0.39, 0.29) is 12.5 Å². The molecular formula is C17H17N3O2S. The molecule has 0 bridgehead atoms. The number of amides is 1. The number of benzene rings is 1. The summed E-state index contributed by atoms with van der Waals surface area (Å²) in [5.41, 5.74) is 2.50. The number of aliphatic hydroxyl groups is 1. The highest BCUT2D eigenvalue weighted by atomic mass is 32.1. The van der Waals surface area contributed by atoms with E-state index in [4.69, 9.17) is 0 Å². The van der Waals surface area contributed by atoms with Crippen LogP contribution < -0.4 is 5.32 Å². The fraction of sp³-hybridized carbons (Fsp3) is 0.176. The number of rotatable bonds is 6. The molecule has 6 heteroatoms. The van der Waals surface area contributed by atoms with Crippen molar-refractivity contribution in [1.82, 2.24) is 14.9 Å². The van der Waals surface area contributed by atoms with Crippen molar-refractivity contribution >= 4 is 17.2 Å². The Balaban J connectivity index is 1.55. The Morgan fingerprint density at radius 3 is 2.78 bits per heavy atom. The monoisotopic (exact) mass is 327 g/mol. The first kappa shape index (κ1) is 15.5. The maximum Gasteiger partial charge on any atom is 0.251 e. The minimum Gasteiger partial charge on any atom is -0.387 e. The normalized spacial score (nSPS) is 12.0. The molecule has 0 aliphatic heterocycles. The van der Waals surface area contributed by atoms with Gasteiger partial charge in [-0.15, -0.1) is 0 Å². The number of nitrogens with zero attached hydrogens (tertiary/aromatic N) is 2. The largest absolute Gasteiger partial charge is 0.387 e. The van der Waals surface area contributed by atoms with Crippen LogP contribution >= 0.6 is 11.3 Å². The van der Waals surface area contributed by atoms with Crippen molar-refractivity contribution in [2.45, 2.75) is 12.6 Å². The third-order valence-electron chi connectivity index (χ3n) is 3.52. The van der Waals surface area contributed by atoms with Gasteiger partial charge in [-0.05, 0) is 40.1 Å². The number of hydrogen-bond acceptors (Lipinski definition) is 4. The number of aliphatic hydroxyl groups excluding tert-OH is 1. The van der Waals surface area contributed by atoms with E-state index in [2.05, 4.69) is 10.3 Å². The van der Waals surface area contributed by atoms with Crippen LogP contribution in [0.1, 0.15) is 27.6 Å². The van der Waals surface area contributed by atoms with Gasteiger partial charge in [0, 0.05) is 31.0 Å². The van der Waals surface area contributed by atoms with E-state index in [0.717, 1.165) is 17.7 Å². The molecule has 1 unspecified atom stereocenters. The Kier molecular flexibility index (Phi) is 4.85. The highest BCUT2D eigenvalue weighted by Crippen LogP contribution is 2.15. The fourth-order valence-electron chi connectivity index (χ4n) is 2.23. The molecule has 2 aromatic heterocycles. The zero-order chi connectivity index (χ0) is 16.1. The summed E-state index contributed by atoms with van der Waals surface area (Å²) in [6.45, 7) is 0.922. The van der Waals surface area contributed by atoms with Crippen molar-refractivity contribution in [2.24, 2.45) is 0 Å². The van der Waals surface area contributed by atoms with Crippen LogP contribution in [0.2, 0.25) is 0 Å². The lowest BCUT2D eigenvalue weighted by atomic mass is 10.1. The van der Waals surface area contributed by atoms with Gasteiger partial charge in [0.05, 0.1) is 12.4 Å². The second-order valence-electron chi connectivity index (χ2n) is 5.21. The van der Waals surface area contributed by atoms with Crippen molar-refractivity contribution < 1.29 is 9.90 Å². The second-order valence-corrected chi connectivity index (χ2v) is 5.99. The molecule has 1 aromatic carbocycles. The number of aromatic nitrogens is 2. The van der Waals surface area contributed by atoms with Gasteiger partial charge in [-0.1, -0.05) is 12.1 Å². The summed E-state index contributed by atoms with van der Waals surface area (Å²) in [6, 6.07) is 9.28. The Morgan fingerprint density at radius 2 is 2.13 bits per heavy atom. The van der Waals surface area contributed by atoms with Gasteiger partial charge in [-0.3, -0.25) is 4.79 Å². The molecule has 0 aliphatic rings. The van der Waals surface area contributed by atoms with Gasteiger partial charge in [0.1, 0.15) is 0 Å². The third kappa shape index (κ3) is 4.06. The molecule has 3 aromatic rings. The first-order valence-electron chi connectivity index (χ1n) is 7.25. The molecule has 0 fully saturated rings. The first-order valence-corrected chi connectivity index (χ1v) is 8.19. The van der Waals surface area contributed by atoms with Crippen LogP contribution in [0.3, 0.4) is 0 Å². The smallest absolute Gasteiger partial charge is 0.251 e. The van der Waals surface area contributed by atoms with E-state index >= 15 is 0 Å². The summed E-state index contributed by atoms with van der Waals surface area (Å²) in [4.78, 5) is 16.1. The summed E-state index contributed by atoms with van der Waals surface area (Å²) in [5.74, 6) is -0.187. The van der Waals surface area contributed by atoms with Gasteiger partial charge >= 0.3 is 0 Å². The number of carbonyl (C=O) groups excluding carboxylic acids is 1. The standard InChI is InChI=1S/C17H17N3O2S/c21-16(15-5-8-23-11-15)9-19-17(22)14-3-1-13(2-4-14)10-20-7-6-18-12-20/h1-8,11-12,16,21H,9-10H2,(H,19,22). The Bertz CT molecular complexity index is 737. The van der Waals surface area contributed by atoms with E-state index in [0.29, 0.717) is 5.56 Å². The third-order valence-corrected chi connectivity index (χ3v) is 4.23. The molecule has 3 rings (SSSR count). The van der Waals surface area contributed by atoms with Crippen LogP contribution in [0.4, 0.5) is 0 Å². The highest BCUT2D eigenvalue weighted by molar-refractivity contribution is 7.07. The molecule has 23 heavy (non-hydrogen) atoms. The van der Waals surface area contributed by atoms with Crippen LogP contribution in [-0.2, 0) is 6.54 Å². The quantitative estimate of drug-likeness (QED) is 0.731. The average Bonchev–Trinajstić information content (AvgIpc) is 3.26. The Morgan fingerprint density at radius 1 is 1.30 bits per heavy atom. The van der Waals surface area contributed by atoms with Gasteiger partial charge < -0.3 is 15.0 Å². The SMILES string of the molecule is O=C(NCC(O)c1ccsc1)c1ccc(Cn2ccnc2)cc1. The molecule has 0 aliphatic carbocycles. The van der Waals surface area contributed by atoms with Gasteiger partial charge in [0.15, 0.2) is 0 Å². The molecule has 0 saturated heterocycles. The van der Waals surface area contributed by atoms with E-state index in [1.165, 1.54) is 11.3 Å². The number of carbonyl (C=O) groups is 1. The summed E-state index contributed by atoms with van der Waals surface area (Å²) in [7, 11) is 0. The number of nitrogens with one attached hydrogen (secondary N) is 1. The average molecular weight is 327 g/mol. The van der Waals surface area contributed by atoms with Crippen molar-refractivity contribution in [3.8, 4) is 0 Å². The molecule has 0 saturated carbocycles. The second kappa shape index (κ2) is 7.21. The van der Waals surface area contributed by atoms with Crippen LogP contribution in [0.5, 0.6) is 0 Å². The topological polar surface area (TPSA) is 67.2 Å². The van der Waals surface area contributed by atoms with Crippen molar-refractivity contribution in [3.63, 3.8) is 0 Å². The van der Waals surface area contributed by atoms with Crippen molar-refractivity contribution in [3.05, 3.63) is 76.5 Å². The lowest BCUT2D eigenvalue weighted by molar-refractivity contribution is 0.0916. The van der Waals surface area contributed by atoms with E-state index in [1.807, 2.05) is 39.7 Å². The summed E-state index contributed by atoms with van der Waals surface area (Å²) >= 11 is 1.52. The minimum absolute atomic E-state index is 0.187. The molecular weight excluding hydrogens is 310 g/mol. The summed E-state index contributed by atoms with van der Waals surface area (Å²) in [5, 5.41) is 16.5. The number of hydrogen-bond donors (Lipinski definition) is 2. The molecule has 1 amide bonds. The molecule has 2 heterocycles. The lowest BCUT2D eigenvalue weighted by Crippen LogP contribution is -2.28. The molecule has 118 valence electrons. The van der Waals surface area contributed by atoms with Crippen LogP contribution in [0.15, 0.2) is 59.8 Å². The number of thiophene rings is 1. The first-order chi connectivity index (χ1) is 11.2. The molecule has 0 radical (unpaired) electrons. The predicted octanol–water partition coefficient (Wildman–Crippen LogP) is 2.46.